The van der Waals surface area contributed by atoms with Gasteiger partial charge >= 0.3 is 0 Å². The minimum absolute atomic E-state index is 0.0917. The number of carbonyl (C=O) groups excluding carboxylic acids is 1. The van der Waals surface area contributed by atoms with E-state index in [2.05, 4.69) is 31.8 Å². The van der Waals surface area contributed by atoms with Crippen LogP contribution >= 0.6 is 24.2 Å². The monoisotopic (exact) mass is 325 g/mol. The first-order valence-corrected chi connectivity index (χ1v) is 8.51. The van der Waals surface area contributed by atoms with Gasteiger partial charge in [-0.1, -0.05) is 38.3 Å². The maximum absolute atomic E-state index is 12.4. The van der Waals surface area contributed by atoms with Crippen LogP contribution in [0, 0.1) is 11.3 Å². The molecule has 0 aromatic heterocycles. The molecule has 1 aliphatic carbocycles. The van der Waals surface area contributed by atoms with E-state index in [1.807, 2.05) is 0 Å². The maximum atomic E-state index is 12.4. The second kappa shape index (κ2) is 7.06. The van der Waals surface area contributed by atoms with Crippen LogP contribution in [-0.2, 0) is 0 Å². The van der Waals surface area contributed by atoms with E-state index in [4.69, 9.17) is 11.6 Å². The van der Waals surface area contributed by atoms with Crippen molar-refractivity contribution in [2.45, 2.75) is 50.8 Å². The summed E-state index contributed by atoms with van der Waals surface area (Å²) in [6.07, 6.45) is 6.15. The van der Waals surface area contributed by atoms with E-state index in [0.29, 0.717) is 16.5 Å². The summed E-state index contributed by atoms with van der Waals surface area (Å²) >= 11 is 10.4. The molecule has 0 bridgehead atoms. The summed E-state index contributed by atoms with van der Waals surface area (Å²) in [7, 11) is 0. The Hall–Kier alpha value is -0.670. The molecule has 0 radical (unpaired) electrons. The molecule has 1 amide bonds. The summed E-state index contributed by atoms with van der Waals surface area (Å²) < 4.78 is 0. The highest BCUT2D eigenvalue weighted by molar-refractivity contribution is 7.80. The second-order valence-corrected chi connectivity index (χ2v) is 7.58. The number of amides is 1. The molecule has 1 N–H and O–H groups in total. The lowest BCUT2D eigenvalue weighted by atomic mass is 9.78. The summed E-state index contributed by atoms with van der Waals surface area (Å²) in [5, 5.41) is 3.58. The predicted molar refractivity (Wildman–Crippen MR) is 91.4 cm³/mol. The van der Waals surface area contributed by atoms with Crippen LogP contribution in [0.2, 0.25) is 5.02 Å². The van der Waals surface area contributed by atoms with Crippen molar-refractivity contribution in [1.82, 2.24) is 5.32 Å². The summed E-state index contributed by atoms with van der Waals surface area (Å²) in [5.41, 5.74) is 0.788. The molecule has 1 aliphatic rings. The van der Waals surface area contributed by atoms with Gasteiger partial charge in [0.1, 0.15) is 0 Å². The molecule has 0 spiro atoms. The third-order valence-corrected chi connectivity index (χ3v) is 4.93. The van der Waals surface area contributed by atoms with E-state index in [1.165, 1.54) is 32.1 Å². The van der Waals surface area contributed by atoms with Gasteiger partial charge in [0.05, 0.1) is 10.6 Å². The molecule has 1 aromatic carbocycles. The average molecular weight is 326 g/mol. The molecule has 1 fully saturated rings. The van der Waals surface area contributed by atoms with Gasteiger partial charge in [-0.15, -0.1) is 12.6 Å². The van der Waals surface area contributed by atoms with Crippen LogP contribution in [0.4, 0.5) is 0 Å². The summed E-state index contributed by atoms with van der Waals surface area (Å²) in [4.78, 5) is 13.1. The third-order valence-electron chi connectivity index (χ3n) is 4.32. The highest BCUT2D eigenvalue weighted by Crippen LogP contribution is 2.42. The average Bonchev–Trinajstić information content (AvgIpc) is 2.87. The first kappa shape index (κ1) is 16.7. The normalized spacial score (nSPS) is 17.2. The van der Waals surface area contributed by atoms with Crippen molar-refractivity contribution in [2.24, 2.45) is 11.3 Å². The smallest absolute Gasteiger partial charge is 0.252 e. The zero-order valence-corrected chi connectivity index (χ0v) is 14.4. The van der Waals surface area contributed by atoms with Gasteiger partial charge in [0, 0.05) is 11.4 Å². The van der Waals surface area contributed by atoms with E-state index in [1.54, 1.807) is 18.2 Å². The zero-order chi connectivity index (χ0) is 15.5. The van der Waals surface area contributed by atoms with Gasteiger partial charge < -0.3 is 5.32 Å². The van der Waals surface area contributed by atoms with Gasteiger partial charge in [-0.2, -0.15) is 0 Å². The van der Waals surface area contributed by atoms with Crippen LogP contribution in [-0.4, -0.2) is 12.5 Å². The number of hydrogen-bond acceptors (Lipinski definition) is 2. The maximum Gasteiger partial charge on any atom is 0.252 e. The standard InChI is InChI=1S/C17H24ClNOS/c1-12(2)10-17(7-3-4-8-17)11-19-16(20)14-9-13(21)5-6-15(14)18/h5-6,9,12,21H,3-4,7-8,10-11H2,1-2H3,(H,19,20). The minimum atomic E-state index is -0.0917. The highest BCUT2D eigenvalue weighted by Gasteiger charge is 2.34. The Labute approximate surface area is 138 Å². The summed E-state index contributed by atoms with van der Waals surface area (Å²) in [6.45, 7) is 5.25. The Morgan fingerprint density at radius 3 is 2.67 bits per heavy atom. The fourth-order valence-electron chi connectivity index (χ4n) is 3.49. The third kappa shape index (κ3) is 4.40. The Bertz CT molecular complexity index is 510. The summed E-state index contributed by atoms with van der Waals surface area (Å²) in [6, 6.07) is 5.24. The molecule has 0 aliphatic heterocycles. The number of hydrogen-bond donors (Lipinski definition) is 2. The molecule has 116 valence electrons. The van der Waals surface area contributed by atoms with Crippen LogP contribution in [0.1, 0.15) is 56.3 Å². The van der Waals surface area contributed by atoms with Crippen molar-refractivity contribution in [3.63, 3.8) is 0 Å². The van der Waals surface area contributed by atoms with Crippen LogP contribution in [0.15, 0.2) is 23.1 Å². The largest absolute Gasteiger partial charge is 0.351 e. The molecular weight excluding hydrogens is 302 g/mol. The summed E-state index contributed by atoms with van der Waals surface area (Å²) in [5.74, 6) is 0.565. The molecule has 0 heterocycles. The lowest BCUT2D eigenvalue weighted by Crippen LogP contribution is -2.37. The molecule has 2 rings (SSSR count). The highest BCUT2D eigenvalue weighted by atomic mass is 35.5. The quantitative estimate of drug-likeness (QED) is 0.736. The number of halogens is 1. The van der Waals surface area contributed by atoms with Crippen molar-refractivity contribution >= 4 is 30.1 Å². The van der Waals surface area contributed by atoms with Crippen molar-refractivity contribution in [1.29, 1.82) is 0 Å². The van der Waals surface area contributed by atoms with Gasteiger partial charge in [0.15, 0.2) is 0 Å². The van der Waals surface area contributed by atoms with Crippen molar-refractivity contribution in [2.75, 3.05) is 6.54 Å². The minimum Gasteiger partial charge on any atom is -0.351 e. The molecule has 1 saturated carbocycles. The molecule has 1 aromatic rings. The van der Waals surface area contributed by atoms with Crippen molar-refractivity contribution < 1.29 is 4.79 Å². The fourth-order valence-corrected chi connectivity index (χ4v) is 3.90. The van der Waals surface area contributed by atoms with Crippen LogP contribution in [0.25, 0.3) is 0 Å². The Balaban J connectivity index is 2.03. The Kier molecular flexibility index (Phi) is 5.61. The SMILES string of the molecule is CC(C)CC1(CNC(=O)c2cc(S)ccc2Cl)CCCC1. The number of benzene rings is 1. The first-order valence-electron chi connectivity index (χ1n) is 7.69. The number of rotatable bonds is 5. The van der Waals surface area contributed by atoms with Gasteiger partial charge in [0.25, 0.3) is 5.91 Å². The van der Waals surface area contributed by atoms with Gasteiger partial charge in [0.2, 0.25) is 0 Å². The molecular formula is C17H24ClNOS. The second-order valence-electron chi connectivity index (χ2n) is 6.65. The molecule has 0 saturated heterocycles. The number of carbonyl (C=O) groups is 1. The lowest BCUT2D eigenvalue weighted by molar-refractivity contribution is 0.0921. The van der Waals surface area contributed by atoms with Crippen LogP contribution in [0.5, 0.6) is 0 Å². The van der Waals surface area contributed by atoms with Crippen LogP contribution < -0.4 is 5.32 Å². The van der Waals surface area contributed by atoms with Gasteiger partial charge in [-0.05, 0) is 48.8 Å². The molecule has 0 atom stereocenters. The zero-order valence-electron chi connectivity index (χ0n) is 12.8. The van der Waals surface area contributed by atoms with E-state index in [9.17, 15) is 4.79 Å². The number of nitrogens with one attached hydrogen (secondary N) is 1. The Morgan fingerprint density at radius 1 is 1.38 bits per heavy atom. The lowest BCUT2D eigenvalue weighted by Gasteiger charge is -2.31. The molecule has 21 heavy (non-hydrogen) atoms. The molecule has 0 unspecified atom stereocenters. The van der Waals surface area contributed by atoms with E-state index >= 15 is 0 Å². The topological polar surface area (TPSA) is 29.1 Å². The fraction of sp³-hybridized carbons (Fsp3) is 0.588. The van der Waals surface area contributed by atoms with Crippen molar-refractivity contribution in [3.8, 4) is 0 Å². The Morgan fingerprint density at radius 2 is 2.05 bits per heavy atom. The van der Waals surface area contributed by atoms with Crippen molar-refractivity contribution in [3.05, 3.63) is 28.8 Å². The first-order chi connectivity index (χ1) is 9.92. The van der Waals surface area contributed by atoms with Gasteiger partial charge in [-0.25, -0.2) is 0 Å². The van der Waals surface area contributed by atoms with Crippen LogP contribution in [0.3, 0.4) is 0 Å². The number of thiol groups is 1. The van der Waals surface area contributed by atoms with Gasteiger partial charge in [-0.3, -0.25) is 4.79 Å². The molecule has 4 heteroatoms. The predicted octanol–water partition coefficient (Wildman–Crippen LogP) is 4.97. The molecule has 2 nitrogen and oxygen atoms in total. The van der Waals surface area contributed by atoms with E-state index in [-0.39, 0.29) is 11.3 Å². The van der Waals surface area contributed by atoms with E-state index < -0.39 is 0 Å². The van der Waals surface area contributed by atoms with E-state index in [0.717, 1.165) is 11.4 Å².